The van der Waals surface area contributed by atoms with Crippen LogP contribution in [0.3, 0.4) is 0 Å². The minimum Gasteiger partial charge on any atom is -0.393 e. The lowest BCUT2D eigenvalue weighted by atomic mass is 10.0. The zero-order valence-electron chi connectivity index (χ0n) is 9.95. The van der Waals surface area contributed by atoms with E-state index in [0.29, 0.717) is 0 Å². The summed E-state index contributed by atoms with van der Waals surface area (Å²) in [6.45, 7) is 2.09. The van der Waals surface area contributed by atoms with Crippen molar-refractivity contribution in [2.24, 2.45) is 0 Å². The molecule has 0 aromatic heterocycles. The Morgan fingerprint density at radius 3 is 2.88 bits per heavy atom. The fraction of sp³-hybridized carbons (Fsp3) is 0.467. The maximum atomic E-state index is 9.74. The van der Waals surface area contributed by atoms with Crippen molar-refractivity contribution in [1.29, 1.82) is 0 Å². The first-order valence-corrected chi connectivity index (χ1v) is 5.89. The molecule has 1 nitrogen and oxygen atoms in total. The minimum atomic E-state index is -0.214. The Labute approximate surface area is 98.5 Å². The van der Waals surface area contributed by atoms with E-state index < -0.39 is 0 Å². The molecule has 1 heteroatoms. The van der Waals surface area contributed by atoms with Crippen molar-refractivity contribution in [2.45, 2.75) is 45.1 Å². The van der Waals surface area contributed by atoms with Crippen molar-refractivity contribution in [1.82, 2.24) is 0 Å². The molecule has 1 aromatic carbocycles. The van der Waals surface area contributed by atoms with E-state index in [1.807, 2.05) is 0 Å². The third-order valence-corrected chi connectivity index (χ3v) is 2.71. The van der Waals surface area contributed by atoms with E-state index in [0.717, 1.165) is 32.1 Å². The van der Waals surface area contributed by atoms with Crippen LogP contribution in [0.2, 0.25) is 0 Å². The fourth-order valence-corrected chi connectivity index (χ4v) is 1.79. The second kappa shape index (κ2) is 7.09. The zero-order chi connectivity index (χ0) is 11.8. The summed E-state index contributed by atoms with van der Waals surface area (Å²) in [4.78, 5) is 0. The van der Waals surface area contributed by atoms with Gasteiger partial charge in [0.15, 0.2) is 0 Å². The molecule has 0 spiro atoms. The first kappa shape index (κ1) is 12.8. The molecule has 0 radical (unpaired) electrons. The van der Waals surface area contributed by atoms with Crippen LogP contribution < -0.4 is 0 Å². The molecule has 1 N–H and O–H groups in total. The van der Waals surface area contributed by atoms with Gasteiger partial charge in [0.2, 0.25) is 0 Å². The van der Waals surface area contributed by atoms with E-state index in [2.05, 4.69) is 37.1 Å². The third-order valence-electron chi connectivity index (χ3n) is 2.71. The maximum absolute atomic E-state index is 9.74. The molecule has 86 valence electrons. The van der Waals surface area contributed by atoms with Crippen LogP contribution in [-0.4, -0.2) is 11.2 Å². The van der Waals surface area contributed by atoms with Crippen LogP contribution in [0.25, 0.3) is 0 Å². The maximum Gasteiger partial charge on any atom is 0.0543 e. The molecule has 0 saturated carbocycles. The van der Waals surface area contributed by atoms with E-state index in [9.17, 15) is 5.11 Å². The molecule has 1 atom stereocenters. The normalized spacial score (nSPS) is 12.1. The Balaban J connectivity index is 2.26. The lowest BCUT2D eigenvalue weighted by molar-refractivity contribution is 0.153. The Kier molecular flexibility index (Phi) is 5.67. The lowest BCUT2D eigenvalue weighted by Gasteiger charge is -2.09. The molecule has 0 amide bonds. The van der Waals surface area contributed by atoms with Gasteiger partial charge in [-0.1, -0.05) is 29.8 Å². The molecule has 0 aliphatic carbocycles. The summed E-state index contributed by atoms with van der Waals surface area (Å²) in [6, 6.07) is 8.44. The van der Waals surface area contributed by atoms with Gasteiger partial charge in [0.1, 0.15) is 0 Å². The fourth-order valence-electron chi connectivity index (χ4n) is 1.79. The molecule has 1 rings (SSSR count). The highest BCUT2D eigenvalue weighted by atomic mass is 16.3. The summed E-state index contributed by atoms with van der Waals surface area (Å²) in [7, 11) is 0. The molecular formula is C15H20O. The topological polar surface area (TPSA) is 20.2 Å². The van der Waals surface area contributed by atoms with Crippen LogP contribution >= 0.6 is 0 Å². The standard InChI is InChI=1S/C15H20O/c1-3-4-5-9-15(16)11-10-14-8-6-7-13(2)12-14/h1,6-8,12,15-16H,4-5,9-11H2,2H3. The number of unbranched alkanes of at least 4 members (excludes halogenated alkanes) is 1. The SMILES string of the molecule is C#CCCCC(O)CCc1cccc(C)c1. The van der Waals surface area contributed by atoms with Crippen molar-refractivity contribution < 1.29 is 5.11 Å². The molecule has 1 aromatic rings. The van der Waals surface area contributed by atoms with Gasteiger partial charge in [-0.3, -0.25) is 0 Å². The Bertz CT molecular complexity index is 349. The second-order valence-corrected chi connectivity index (χ2v) is 4.28. The van der Waals surface area contributed by atoms with Crippen molar-refractivity contribution >= 4 is 0 Å². The average Bonchev–Trinajstić information content (AvgIpc) is 2.27. The third kappa shape index (κ3) is 5.00. The summed E-state index contributed by atoms with van der Waals surface area (Å²) in [5.74, 6) is 2.59. The zero-order valence-corrected chi connectivity index (χ0v) is 9.95. The highest BCUT2D eigenvalue weighted by molar-refractivity contribution is 5.22. The van der Waals surface area contributed by atoms with Gasteiger partial charge in [-0.2, -0.15) is 0 Å². The number of hydrogen-bond acceptors (Lipinski definition) is 1. The molecule has 0 fully saturated rings. The first-order valence-electron chi connectivity index (χ1n) is 5.89. The first-order chi connectivity index (χ1) is 7.72. The molecule has 0 saturated heterocycles. The van der Waals surface area contributed by atoms with E-state index in [1.54, 1.807) is 0 Å². The van der Waals surface area contributed by atoms with Gasteiger partial charge in [0.05, 0.1) is 6.10 Å². The van der Waals surface area contributed by atoms with Crippen molar-refractivity contribution in [3.05, 3.63) is 35.4 Å². The smallest absolute Gasteiger partial charge is 0.0543 e. The number of aliphatic hydroxyl groups is 1. The van der Waals surface area contributed by atoms with Crippen molar-refractivity contribution in [2.75, 3.05) is 0 Å². The number of aliphatic hydroxyl groups excluding tert-OH is 1. The number of benzene rings is 1. The van der Waals surface area contributed by atoms with E-state index in [-0.39, 0.29) is 6.10 Å². The second-order valence-electron chi connectivity index (χ2n) is 4.28. The number of terminal acetylenes is 1. The van der Waals surface area contributed by atoms with Crippen LogP contribution in [0.1, 0.15) is 36.8 Å². The van der Waals surface area contributed by atoms with Gasteiger partial charge in [-0.05, 0) is 38.2 Å². The molecular weight excluding hydrogens is 196 g/mol. The Hall–Kier alpha value is -1.26. The monoisotopic (exact) mass is 216 g/mol. The molecule has 0 bridgehead atoms. The Morgan fingerprint density at radius 1 is 1.38 bits per heavy atom. The van der Waals surface area contributed by atoms with Crippen LogP contribution in [0.4, 0.5) is 0 Å². The minimum absolute atomic E-state index is 0.214. The quantitative estimate of drug-likeness (QED) is 0.572. The van der Waals surface area contributed by atoms with E-state index in [4.69, 9.17) is 6.42 Å². The number of hydrogen-bond donors (Lipinski definition) is 1. The van der Waals surface area contributed by atoms with Gasteiger partial charge >= 0.3 is 0 Å². The lowest BCUT2D eigenvalue weighted by Crippen LogP contribution is -2.07. The van der Waals surface area contributed by atoms with Gasteiger partial charge in [0.25, 0.3) is 0 Å². The average molecular weight is 216 g/mol. The summed E-state index contributed by atoms with van der Waals surface area (Å²) < 4.78 is 0. The molecule has 0 aliphatic rings. The predicted molar refractivity (Wildman–Crippen MR) is 68.2 cm³/mol. The van der Waals surface area contributed by atoms with E-state index in [1.165, 1.54) is 11.1 Å². The number of rotatable bonds is 6. The highest BCUT2D eigenvalue weighted by Gasteiger charge is 2.04. The van der Waals surface area contributed by atoms with Gasteiger partial charge < -0.3 is 5.11 Å². The summed E-state index contributed by atoms with van der Waals surface area (Å²) in [5, 5.41) is 9.74. The molecule has 0 heterocycles. The summed E-state index contributed by atoms with van der Waals surface area (Å²) in [5.41, 5.74) is 2.58. The van der Waals surface area contributed by atoms with Crippen LogP contribution in [-0.2, 0) is 6.42 Å². The molecule has 1 unspecified atom stereocenters. The summed E-state index contributed by atoms with van der Waals surface area (Å²) >= 11 is 0. The largest absolute Gasteiger partial charge is 0.393 e. The van der Waals surface area contributed by atoms with Crippen molar-refractivity contribution in [3.63, 3.8) is 0 Å². The highest BCUT2D eigenvalue weighted by Crippen LogP contribution is 2.11. The number of aryl methyl sites for hydroxylation is 2. The van der Waals surface area contributed by atoms with Gasteiger partial charge in [-0.25, -0.2) is 0 Å². The summed E-state index contributed by atoms with van der Waals surface area (Å²) in [6.07, 6.45) is 9.22. The van der Waals surface area contributed by atoms with Crippen LogP contribution in [0.15, 0.2) is 24.3 Å². The van der Waals surface area contributed by atoms with Gasteiger partial charge in [-0.15, -0.1) is 12.3 Å². The van der Waals surface area contributed by atoms with Crippen LogP contribution in [0.5, 0.6) is 0 Å². The van der Waals surface area contributed by atoms with Gasteiger partial charge in [0, 0.05) is 6.42 Å². The van der Waals surface area contributed by atoms with Crippen molar-refractivity contribution in [3.8, 4) is 12.3 Å². The van der Waals surface area contributed by atoms with Crippen LogP contribution in [0, 0.1) is 19.3 Å². The Morgan fingerprint density at radius 2 is 2.19 bits per heavy atom. The predicted octanol–water partition coefficient (Wildman–Crippen LogP) is 3.09. The molecule has 16 heavy (non-hydrogen) atoms. The molecule has 0 aliphatic heterocycles. The van der Waals surface area contributed by atoms with E-state index >= 15 is 0 Å².